The Hall–Kier alpha value is -1.77. The van der Waals surface area contributed by atoms with Crippen LogP contribution in [0.2, 0.25) is 0 Å². The summed E-state index contributed by atoms with van der Waals surface area (Å²) >= 11 is 0. The van der Waals surface area contributed by atoms with Crippen LogP contribution in [0.3, 0.4) is 0 Å². The van der Waals surface area contributed by atoms with Crippen molar-refractivity contribution < 1.29 is 17.6 Å². The third-order valence-electron chi connectivity index (χ3n) is 2.49. The van der Waals surface area contributed by atoms with E-state index in [2.05, 4.69) is 14.9 Å². The third kappa shape index (κ3) is 4.12. The van der Waals surface area contributed by atoms with Gasteiger partial charge in [-0.2, -0.15) is 0 Å². The van der Waals surface area contributed by atoms with Crippen molar-refractivity contribution in [2.75, 3.05) is 19.5 Å². The topological polar surface area (TPSA) is 94.3 Å². The van der Waals surface area contributed by atoms with Gasteiger partial charge in [0, 0.05) is 12.7 Å². The molecule has 0 bridgehead atoms. The smallest absolute Gasteiger partial charge is 0.247 e. The number of benzene rings is 1. The van der Waals surface area contributed by atoms with Crippen molar-refractivity contribution in [1.82, 2.24) is 14.9 Å². The number of hydrogen-bond acceptors (Lipinski definition) is 6. The van der Waals surface area contributed by atoms with Crippen LogP contribution in [0, 0.1) is 0 Å². The van der Waals surface area contributed by atoms with E-state index in [0.29, 0.717) is 5.89 Å². The number of ether oxygens (including phenoxy) is 1. The predicted molar refractivity (Wildman–Crippen MR) is 72.2 cm³/mol. The van der Waals surface area contributed by atoms with E-state index in [9.17, 15) is 8.42 Å². The first kappa shape index (κ1) is 14.6. The lowest BCUT2D eigenvalue weighted by atomic mass is 10.2. The lowest BCUT2D eigenvalue weighted by Gasteiger charge is -2.03. The molecule has 0 fully saturated rings. The Morgan fingerprint density at radius 1 is 1.25 bits per heavy atom. The SMILES string of the molecule is COCCS(=O)(=O)NCc1nnc(-c2ccccc2)o1. The van der Waals surface area contributed by atoms with Gasteiger partial charge in [0.1, 0.15) is 0 Å². The Kier molecular flexibility index (Phi) is 4.83. The lowest BCUT2D eigenvalue weighted by molar-refractivity contribution is 0.217. The number of methoxy groups -OCH3 is 1. The van der Waals surface area contributed by atoms with Crippen molar-refractivity contribution in [3.8, 4) is 11.5 Å². The minimum absolute atomic E-state index is 0.0358. The van der Waals surface area contributed by atoms with Gasteiger partial charge in [-0.3, -0.25) is 0 Å². The van der Waals surface area contributed by atoms with Crippen LogP contribution in [0.25, 0.3) is 11.5 Å². The van der Waals surface area contributed by atoms with Crippen molar-refractivity contribution in [3.05, 3.63) is 36.2 Å². The van der Waals surface area contributed by atoms with Crippen LogP contribution in [0.5, 0.6) is 0 Å². The highest BCUT2D eigenvalue weighted by atomic mass is 32.2. The maximum absolute atomic E-state index is 11.6. The van der Waals surface area contributed by atoms with E-state index in [0.717, 1.165) is 5.56 Å². The highest BCUT2D eigenvalue weighted by molar-refractivity contribution is 7.89. The van der Waals surface area contributed by atoms with Gasteiger partial charge in [-0.25, -0.2) is 13.1 Å². The van der Waals surface area contributed by atoms with Crippen molar-refractivity contribution in [2.24, 2.45) is 0 Å². The standard InChI is InChI=1S/C12H15N3O4S/c1-18-7-8-20(16,17)13-9-11-14-15-12(19-11)10-5-3-2-4-6-10/h2-6,13H,7-9H2,1H3. The first-order valence-corrected chi connectivity index (χ1v) is 7.60. The van der Waals surface area contributed by atoms with E-state index in [1.165, 1.54) is 7.11 Å². The molecule has 0 saturated carbocycles. The van der Waals surface area contributed by atoms with Crippen molar-refractivity contribution in [1.29, 1.82) is 0 Å². The predicted octanol–water partition coefficient (Wildman–Crippen LogP) is 0.802. The van der Waals surface area contributed by atoms with E-state index in [1.807, 2.05) is 30.3 Å². The summed E-state index contributed by atoms with van der Waals surface area (Å²) in [5.41, 5.74) is 0.786. The van der Waals surface area contributed by atoms with Crippen LogP contribution in [0.4, 0.5) is 0 Å². The molecule has 1 heterocycles. The van der Waals surface area contributed by atoms with Gasteiger partial charge in [0.25, 0.3) is 0 Å². The molecule has 0 aliphatic heterocycles. The molecule has 0 radical (unpaired) electrons. The van der Waals surface area contributed by atoms with Gasteiger partial charge in [-0.15, -0.1) is 10.2 Å². The fourth-order valence-electron chi connectivity index (χ4n) is 1.46. The van der Waals surface area contributed by atoms with Crippen LogP contribution in [0.1, 0.15) is 5.89 Å². The van der Waals surface area contributed by atoms with Gasteiger partial charge in [-0.1, -0.05) is 18.2 Å². The van der Waals surface area contributed by atoms with E-state index in [-0.39, 0.29) is 24.8 Å². The molecule has 1 aromatic heterocycles. The van der Waals surface area contributed by atoms with Crippen LogP contribution in [0.15, 0.2) is 34.7 Å². The van der Waals surface area contributed by atoms with Gasteiger partial charge in [0.15, 0.2) is 0 Å². The monoisotopic (exact) mass is 297 g/mol. The molecule has 8 heteroatoms. The number of nitrogens with zero attached hydrogens (tertiary/aromatic N) is 2. The Labute approximate surface area is 117 Å². The molecule has 0 unspecified atom stereocenters. The number of aromatic nitrogens is 2. The molecule has 108 valence electrons. The fourth-order valence-corrected chi connectivity index (χ4v) is 2.33. The minimum atomic E-state index is -3.40. The minimum Gasteiger partial charge on any atom is -0.419 e. The van der Waals surface area contributed by atoms with Gasteiger partial charge in [0.05, 0.1) is 18.9 Å². The molecule has 0 atom stereocenters. The van der Waals surface area contributed by atoms with E-state index in [1.54, 1.807) is 0 Å². The Morgan fingerprint density at radius 3 is 2.70 bits per heavy atom. The summed E-state index contributed by atoms with van der Waals surface area (Å²) in [4.78, 5) is 0. The summed E-state index contributed by atoms with van der Waals surface area (Å²) in [5.74, 6) is 0.463. The molecule has 0 saturated heterocycles. The van der Waals surface area contributed by atoms with Gasteiger partial charge in [0.2, 0.25) is 21.8 Å². The summed E-state index contributed by atoms with van der Waals surface area (Å²) in [5, 5.41) is 7.67. The van der Waals surface area contributed by atoms with Gasteiger partial charge >= 0.3 is 0 Å². The second-order valence-electron chi connectivity index (χ2n) is 4.00. The molecular formula is C12H15N3O4S. The zero-order valence-electron chi connectivity index (χ0n) is 10.9. The average Bonchev–Trinajstić information content (AvgIpc) is 2.93. The molecule has 2 rings (SSSR count). The van der Waals surface area contributed by atoms with Crippen LogP contribution < -0.4 is 4.72 Å². The summed E-state index contributed by atoms with van der Waals surface area (Å²) in [6, 6.07) is 9.25. The first-order valence-electron chi connectivity index (χ1n) is 5.95. The van der Waals surface area contributed by atoms with Crippen molar-refractivity contribution in [3.63, 3.8) is 0 Å². The summed E-state index contributed by atoms with van der Waals surface area (Å²) in [6.07, 6.45) is 0. The second-order valence-corrected chi connectivity index (χ2v) is 5.93. The number of sulfonamides is 1. The van der Waals surface area contributed by atoms with Crippen molar-refractivity contribution >= 4 is 10.0 Å². The van der Waals surface area contributed by atoms with Crippen LogP contribution in [-0.4, -0.2) is 38.1 Å². The fraction of sp³-hybridized carbons (Fsp3) is 0.333. The molecule has 1 N–H and O–H groups in total. The Morgan fingerprint density at radius 2 is 2.00 bits per heavy atom. The number of rotatable bonds is 7. The van der Waals surface area contributed by atoms with Crippen LogP contribution >= 0.6 is 0 Å². The van der Waals surface area contributed by atoms with Crippen LogP contribution in [-0.2, 0) is 21.3 Å². The highest BCUT2D eigenvalue weighted by Gasteiger charge is 2.13. The normalized spacial score (nSPS) is 11.7. The molecule has 0 spiro atoms. The third-order valence-corrected chi connectivity index (χ3v) is 3.78. The molecule has 0 aliphatic carbocycles. The number of hydrogen-bond donors (Lipinski definition) is 1. The zero-order chi connectivity index (χ0) is 14.4. The maximum atomic E-state index is 11.6. The molecule has 0 aliphatic rings. The quantitative estimate of drug-likeness (QED) is 0.812. The molecule has 20 heavy (non-hydrogen) atoms. The van der Waals surface area contributed by atoms with Crippen molar-refractivity contribution in [2.45, 2.75) is 6.54 Å². The van der Waals surface area contributed by atoms with Gasteiger partial charge < -0.3 is 9.15 Å². The van der Waals surface area contributed by atoms with E-state index < -0.39 is 10.0 Å². The Balaban J connectivity index is 1.97. The lowest BCUT2D eigenvalue weighted by Crippen LogP contribution is -2.27. The summed E-state index contributed by atoms with van der Waals surface area (Å²) < 4.78 is 35.6. The molecular weight excluding hydrogens is 282 g/mol. The number of nitrogens with one attached hydrogen (secondary N) is 1. The van der Waals surface area contributed by atoms with E-state index >= 15 is 0 Å². The molecule has 0 amide bonds. The Bertz CT molecular complexity index is 640. The molecule has 2 aromatic rings. The largest absolute Gasteiger partial charge is 0.419 e. The summed E-state index contributed by atoms with van der Waals surface area (Å²) in [7, 11) is -1.96. The highest BCUT2D eigenvalue weighted by Crippen LogP contribution is 2.16. The molecule has 7 nitrogen and oxygen atoms in total. The second kappa shape index (κ2) is 6.60. The van der Waals surface area contributed by atoms with Gasteiger partial charge in [-0.05, 0) is 12.1 Å². The average molecular weight is 297 g/mol. The summed E-state index contributed by atoms with van der Waals surface area (Å²) in [6.45, 7) is 0.0975. The zero-order valence-corrected chi connectivity index (χ0v) is 11.8. The maximum Gasteiger partial charge on any atom is 0.247 e. The van der Waals surface area contributed by atoms with E-state index in [4.69, 9.17) is 9.15 Å². The molecule has 1 aromatic carbocycles. The first-order chi connectivity index (χ1) is 9.61.